The van der Waals surface area contributed by atoms with Crippen LogP contribution in [0.5, 0.6) is 0 Å². The number of nitriles is 1. The number of hydrogen-bond acceptors (Lipinski definition) is 5. The summed E-state index contributed by atoms with van der Waals surface area (Å²) in [7, 11) is 0. The number of nitrogens with two attached hydrogens (primary N) is 1. The molecule has 0 saturated carbocycles. The van der Waals surface area contributed by atoms with E-state index in [4.69, 9.17) is 27.3 Å². The SMILES string of the molecule is CCOCCCNC(=O)/C(C#N)=C\Nc1ccc(N)c(Cl)c1. The molecule has 4 N–H and O–H groups in total. The van der Waals surface area contributed by atoms with Crippen LogP contribution in [0.3, 0.4) is 0 Å². The largest absolute Gasteiger partial charge is 0.398 e. The molecule has 0 aromatic heterocycles. The smallest absolute Gasteiger partial charge is 0.263 e. The van der Waals surface area contributed by atoms with Crippen molar-refractivity contribution in [3.05, 3.63) is 35.0 Å². The number of benzene rings is 1. The van der Waals surface area contributed by atoms with Crippen molar-refractivity contribution >= 4 is 28.9 Å². The molecule has 0 spiro atoms. The van der Waals surface area contributed by atoms with Crippen molar-refractivity contribution < 1.29 is 9.53 Å². The van der Waals surface area contributed by atoms with Gasteiger partial charge in [-0.3, -0.25) is 4.79 Å². The van der Waals surface area contributed by atoms with Gasteiger partial charge >= 0.3 is 0 Å². The van der Waals surface area contributed by atoms with Crippen LogP contribution in [0.1, 0.15) is 13.3 Å². The van der Waals surface area contributed by atoms with E-state index >= 15 is 0 Å². The zero-order valence-electron chi connectivity index (χ0n) is 12.4. The summed E-state index contributed by atoms with van der Waals surface area (Å²) in [5.41, 5.74) is 6.68. The topological polar surface area (TPSA) is 100 Å². The number of amides is 1. The van der Waals surface area contributed by atoms with Crippen LogP contribution in [-0.4, -0.2) is 25.7 Å². The normalized spacial score (nSPS) is 10.9. The molecule has 1 aromatic carbocycles. The average molecular weight is 323 g/mol. The van der Waals surface area contributed by atoms with Crippen molar-refractivity contribution in [1.82, 2.24) is 5.32 Å². The van der Waals surface area contributed by atoms with Gasteiger partial charge in [-0.1, -0.05) is 11.6 Å². The van der Waals surface area contributed by atoms with Gasteiger partial charge in [0.1, 0.15) is 11.6 Å². The third kappa shape index (κ3) is 6.04. The summed E-state index contributed by atoms with van der Waals surface area (Å²) < 4.78 is 5.16. The van der Waals surface area contributed by atoms with Crippen LogP contribution in [-0.2, 0) is 9.53 Å². The Balaban J connectivity index is 2.53. The Morgan fingerprint density at radius 2 is 2.32 bits per heavy atom. The van der Waals surface area contributed by atoms with E-state index in [1.807, 2.05) is 13.0 Å². The molecule has 0 heterocycles. The molecule has 0 aliphatic heterocycles. The minimum absolute atomic E-state index is 0.0237. The second-order valence-electron chi connectivity index (χ2n) is 4.36. The monoisotopic (exact) mass is 322 g/mol. The van der Waals surface area contributed by atoms with Gasteiger partial charge in [-0.2, -0.15) is 5.26 Å². The molecule has 1 amide bonds. The second-order valence-corrected chi connectivity index (χ2v) is 4.76. The molecule has 0 bridgehead atoms. The zero-order valence-corrected chi connectivity index (χ0v) is 13.1. The first kappa shape index (κ1) is 17.8. The maximum absolute atomic E-state index is 11.8. The number of nitrogens with one attached hydrogen (secondary N) is 2. The highest BCUT2D eigenvalue weighted by atomic mass is 35.5. The maximum Gasteiger partial charge on any atom is 0.263 e. The third-order valence-electron chi connectivity index (χ3n) is 2.70. The molecule has 0 saturated heterocycles. The lowest BCUT2D eigenvalue weighted by atomic mass is 10.2. The van der Waals surface area contributed by atoms with Crippen LogP contribution in [0, 0.1) is 11.3 Å². The van der Waals surface area contributed by atoms with Crippen molar-refractivity contribution in [3.8, 4) is 6.07 Å². The average Bonchev–Trinajstić information content (AvgIpc) is 2.51. The van der Waals surface area contributed by atoms with Crippen LogP contribution in [0.15, 0.2) is 30.0 Å². The van der Waals surface area contributed by atoms with E-state index in [2.05, 4.69) is 10.6 Å². The number of rotatable bonds is 8. The Morgan fingerprint density at radius 3 is 2.95 bits per heavy atom. The molecular weight excluding hydrogens is 304 g/mol. The summed E-state index contributed by atoms with van der Waals surface area (Å²) >= 11 is 5.89. The van der Waals surface area contributed by atoms with E-state index in [0.717, 1.165) is 0 Å². The standard InChI is InChI=1S/C15H19ClN4O2/c1-2-22-7-3-6-19-15(21)11(9-17)10-20-12-4-5-14(18)13(16)8-12/h4-5,8,10,20H,2-3,6-7,18H2,1H3,(H,19,21)/b11-10-. The summed E-state index contributed by atoms with van der Waals surface area (Å²) in [6.07, 6.45) is 2.03. The summed E-state index contributed by atoms with van der Waals surface area (Å²) in [5, 5.41) is 14.9. The van der Waals surface area contributed by atoms with Crippen molar-refractivity contribution in [2.24, 2.45) is 0 Å². The molecule has 1 rings (SSSR count). The van der Waals surface area contributed by atoms with E-state index in [1.54, 1.807) is 18.2 Å². The quantitative estimate of drug-likeness (QED) is 0.295. The van der Waals surface area contributed by atoms with Gasteiger partial charge in [0.25, 0.3) is 5.91 Å². The van der Waals surface area contributed by atoms with Crippen molar-refractivity contribution in [2.45, 2.75) is 13.3 Å². The summed E-state index contributed by atoms with van der Waals surface area (Å²) in [6, 6.07) is 6.80. The lowest BCUT2D eigenvalue weighted by molar-refractivity contribution is -0.117. The van der Waals surface area contributed by atoms with Gasteiger partial charge in [0, 0.05) is 31.6 Å². The fraction of sp³-hybridized carbons (Fsp3) is 0.333. The minimum atomic E-state index is -0.437. The molecule has 0 aliphatic rings. The maximum atomic E-state index is 11.8. The number of ether oxygens (including phenoxy) is 1. The van der Waals surface area contributed by atoms with Gasteiger partial charge in [-0.05, 0) is 31.5 Å². The Labute approximate surface area is 134 Å². The van der Waals surface area contributed by atoms with E-state index in [-0.39, 0.29) is 5.57 Å². The second kappa shape index (κ2) is 9.66. The zero-order chi connectivity index (χ0) is 16.4. The minimum Gasteiger partial charge on any atom is -0.398 e. The summed E-state index contributed by atoms with van der Waals surface area (Å²) in [4.78, 5) is 11.8. The molecule has 1 aromatic rings. The van der Waals surface area contributed by atoms with Crippen molar-refractivity contribution in [1.29, 1.82) is 5.26 Å². The van der Waals surface area contributed by atoms with Crippen molar-refractivity contribution in [2.75, 3.05) is 30.8 Å². The Bertz CT molecular complexity index is 581. The molecular formula is C15H19ClN4O2. The Kier molecular flexibility index (Phi) is 7.83. The summed E-state index contributed by atoms with van der Waals surface area (Å²) in [6.45, 7) is 3.58. The van der Waals surface area contributed by atoms with Crippen LogP contribution in [0.25, 0.3) is 0 Å². The molecule has 22 heavy (non-hydrogen) atoms. The predicted molar refractivity (Wildman–Crippen MR) is 87.3 cm³/mol. The fourth-order valence-electron chi connectivity index (χ4n) is 1.54. The number of nitrogen functional groups attached to an aromatic ring is 1. The van der Waals surface area contributed by atoms with E-state index in [1.165, 1.54) is 6.20 Å². The third-order valence-corrected chi connectivity index (χ3v) is 3.03. The van der Waals surface area contributed by atoms with E-state index in [9.17, 15) is 4.79 Å². The molecule has 0 atom stereocenters. The first-order valence-corrected chi connectivity index (χ1v) is 7.24. The number of hydrogen-bond donors (Lipinski definition) is 3. The lowest BCUT2D eigenvalue weighted by Gasteiger charge is -2.06. The van der Waals surface area contributed by atoms with Crippen LogP contribution < -0.4 is 16.4 Å². The predicted octanol–water partition coefficient (Wildman–Crippen LogP) is 2.28. The first-order chi connectivity index (χ1) is 10.6. The number of halogens is 1. The molecule has 7 heteroatoms. The highest BCUT2D eigenvalue weighted by Gasteiger charge is 2.08. The molecule has 0 unspecified atom stereocenters. The Hall–Kier alpha value is -2.23. The van der Waals surface area contributed by atoms with Gasteiger partial charge in [-0.15, -0.1) is 0 Å². The summed E-state index contributed by atoms with van der Waals surface area (Å²) in [5.74, 6) is -0.437. The van der Waals surface area contributed by atoms with E-state index in [0.29, 0.717) is 42.6 Å². The molecule has 0 aliphatic carbocycles. The van der Waals surface area contributed by atoms with Crippen molar-refractivity contribution in [3.63, 3.8) is 0 Å². The fourth-order valence-corrected chi connectivity index (χ4v) is 1.72. The van der Waals surface area contributed by atoms with Gasteiger partial charge in [0.05, 0.1) is 10.7 Å². The Morgan fingerprint density at radius 1 is 1.55 bits per heavy atom. The molecule has 118 valence electrons. The number of carbonyl (C=O) groups excluding carboxylic acids is 1. The highest BCUT2D eigenvalue weighted by Crippen LogP contribution is 2.22. The van der Waals surface area contributed by atoms with Crippen LogP contribution >= 0.6 is 11.6 Å². The van der Waals surface area contributed by atoms with Gasteiger partial charge in [0.2, 0.25) is 0 Å². The number of anilines is 2. The van der Waals surface area contributed by atoms with Crippen LogP contribution in [0.2, 0.25) is 5.02 Å². The first-order valence-electron chi connectivity index (χ1n) is 6.86. The highest BCUT2D eigenvalue weighted by molar-refractivity contribution is 6.33. The van der Waals surface area contributed by atoms with E-state index < -0.39 is 5.91 Å². The van der Waals surface area contributed by atoms with Gasteiger partial charge in [-0.25, -0.2) is 0 Å². The molecule has 6 nitrogen and oxygen atoms in total. The number of carbonyl (C=O) groups is 1. The number of nitrogens with zero attached hydrogens (tertiary/aromatic N) is 1. The van der Waals surface area contributed by atoms with Gasteiger partial charge in [0.15, 0.2) is 0 Å². The van der Waals surface area contributed by atoms with Gasteiger partial charge < -0.3 is 21.1 Å². The van der Waals surface area contributed by atoms with Crippen LogP contribution in [0.4, 0.5) is 11.4 Å². The lowest BCUT2D eigenvalue weighted by Crippen LogP contribution is -2.26. The molecule has 0 radical (unpaired) electrons. The molecule has 0 fully saturated rings.